The summed E-state index contributed by atoms with van der Waals surface area (Å²) < 4.78 is 56.6. The molecule has 1 heterocycles. The fourth-order valence-corrected chi connectivity index (χ4v) is 2.77. The van der Waals surface area contributed by atoms with Crippen LogP contribution in [0.25, 0.3) is 0 Å². The van der Waals surface area contributed by atoms with E-state index in [1.54, 1.807) is 0 Å². The number of hydrogen-bond donors (Lipinski definition) is 0. The molecule has 120 valence electrons. The number of hydrogen-bond acceptors (Lipinski definition) is 5. The molecule has 0 saturated carbocycles. The molecule has 0 bridgehead atoms. The Balaban J connectivity index is 2.25. The molecule has 0 atom stereocenters. The Kier molecular flexibility index (Phi) is 4.45. The summed E-state index contributed by atoms with van der Waals surface area (Å²) in [5.41, 5.74) is -0.142. The third kappa shape index (κ3) is 3.41. The highest BCUT2D eigenvalue weighted by Crippen LogP contribution is 2.21. The van der Waals surface area contributed by atoms with Gasteiger partial charge in [-0.25, -0.2) is 21.5 Å². The topological polar surface area (TPSA) is 76.3 Å². The summed E-state index contributed by atoms with van der Waals surface area (Å²) in [7, 11) is -2.71. The Bertz CT molecular complexity index is 775. The van der Waals surface area contributed by atoms with Crippen molar-refractivity contribution in [1.82, 2.24) is 10.1 Å². The molecule has 6 nitrogen and oxygen atoms in total. The van der Waals surface area contributed by atoms with Crippen LogP contribution in [0.4, 0.5) is 14.8 Å². The SMILES string of the molecule is CC(C)c1noc(N(C)S(=O)(=O)Cc2ccc(F)cc2F)n1. The molecule has 0 spiro atoms. The van der Waals surface area contributed by atoms with Crippen molar-refractivity contribution in [1.29, 1.82) is 0 Å². The highest BCUT2D eigenvalue weighted by Gasteiger charge is 2.25. The van der Waals surface area contributed by atoms with Crippen LogP contribution in [0, 0.1) is 11.6 Å². The zero-order valence-electron chi connectivity index (χ0n) is 12.2. The van der Waals surface area contributed by atoms with Gasteiger partial charge in [-0.3, -0.25) is 0 Å². The number of sulfonamides is 1. The standard InChI is InChI=1S/C13H15F2N3O3S/c1-8(2)12-16-13(21-17-12)18(3)22(19,20)7-9-4-5-10(14)6-11(9)15/h4-6,8H,7H2,1-3H3. The molecule has 0 aliphatic rings. The van der Waals surface area contributed by atoms with E-state index in [1.165, 1.54) is 7.05 Å². The predicted molar refractivity (Wildman–Crippen MR) is 75.8 cm³/mol. The number of benzene rings is 1. The van der Waals surface area contributed by atoms with Gasteiger partial charge in [-0.15, -0.1) is 0 Å². The fourth-order valence-electron chi connectivity index (χ4n) is 1.64. The van der Waals surface area contributed by atoms with Crippen molar-refractivity contribution in [3.8, 4) is 0 Å². The fraction of sp³-hybridized carbons (Fsp3) is 0.385. The van der Waals surface area contributed by atoms with Crippen molar-refractivity contribution in [3.63, 3.8) is 0 Å². The van der Waals surface area contributed by atoms with Crippen molar-refractivity contribution >= 4 is 16.0 Å². The lowest BCUT2D eigenvalue weighted by molar-refractivity contribution is 0.414. The van der Waals surface area contributed by atoms with Gasteiger partial charge in [-0.05, 0) is 6.07 Å². The van der Waals surface area contributed by atoms with E-state index in [9.17, 15) is 17.2 Å². The average Bonchev–Trinajstić information content (AvgIpc) is 2.91. The van der Waals surface area contributed by atoms with E-state index in [2.05, 4.69) is 10.1 Å². The van der Waals surface area contributed by atoms with Gasteiger partial charge in [-0.1, -0.05) is 25.1 Å². The number of nitrogens with zero attached hydrogens (tertiary/aromatic N) is 3. The lowest BCUT2D eigenvalue weighted by Gasteiger charge is -2.14. The van der Waals surface area contributed by atoms with Crippen molar-refractivity contribution in [2.45, 2.75) is 25.5 Å². The first-order valence-electron chi connectivity index (χ1n) is 6.45. The number of rotatable bonds is 5. The summed E-state index contributed by atoms with van der Waals surface area (Å²) in [4.78, 5) is 3.97. The zero-order chi connectivity index (χ0) is 16.5. The number of aromatic nitrogens is 2. The molecule has 0 saturated heterocycles. The largest absolute Gasteiger partial charge is 0.337 e. The first-order valence-corrected chi connectivity index (χ1v) is 8.06. The molecule has 1 aromatic heterocycles. The van der Waals surface area contributed by atoms with Crippen LogP contribution in [0.1, 0.15) is 31.2 Å². The van der Waals surface area contributed by atoms with Gasteiger partial charge in [0, 0.05) is 24.6 Å². The van der Waals surface area contributed by atoms with Crippen LogP contribution in [-0.4, -0.2) is 25.6 Å². The van der Waals surface area contributed by atoms with Crippen LogP contribution < -0.4 is 4.31 Å². The molecule has 1 aromatic carbocycles. The lowest BCUT2D eigenvalue weighted by Crippen LogP contribution is -2.28. The van der Waals surface area contributed by atoms with Gasteiger partial charge in [0.25, 0.3) is 0 Å². The van der Waals surface area contributed by atoms with Crippen molar-refractivity contribution in [2.24, 2.45) is 0 Å². The minimum Gasteiger partial charge on any atom is -0.314 e. The molecular formula is C13H15F2N3O3S. The van der Waals surface area contributed by atoms with Crippen LogP contribution in [-0.2, 0) is 15.8 Å². The average molecular weight is 331 g/mol. The first-order chi connectivity index (χ1) is 10.2. The molecule has 2 rings (SSSR count). The van der Waals surface area contributed by atoms with Crippen LogP contribution in [0.2, 0.25) is 0 Å². The molecule has 0 aliphatic carbocycles. The normalized spacial score (nSPS) is 11.9. The van der Waals surface area contributed by atoms with Gasteiger partial charge in [0.15, 0.2) is 5.82 Å². The van der Waals surface area contributed by atoms with E-state index in [0.29, 0.717) is 11.9 Å². The van der Waals surface area contributed by atoms with E-state index in [4.69, 9.17) is 4.52 Å². The van der Waals surface area contributed by atoms with Crippen molar-refractivity contribution in [3.05, 3.63) is 41.2 Å². The van der Waals surface area contributed by atoms with Crippen LogP contribution in [0.3, 0.4) is 0 Å². The third-order valence-electron chi connectivity index (χ3n) is 2.99. The maximum absolute atomic E-state index is 13.6. The first kappa shape index (κ1) is 16.3. The molecule has 0 aliphatic heterocycles. The Morgan fingerprint density at radius 2 is 2.00 bits per heavy atom. The second-order valence-electron chi connectivity index (χ2n) is 5.05. The summed E-state index contributed by atoms with van der Waals surface area (Å²) in [5.74, 6) is -2.00. The van der Waals surface area contributed by atoms with Gasteiger partial charge < -0.3 is 4.52 Å². The molecule has 0 unspecified atom stereocenters. The summed E-state index contributed by atoms with van der Waals surface area (Å²) in [6.07, 6.45) is 0. The maximum Gasteiger partial charge on any atom is 0.337 e. The monoisotopic (exact) mass is 331 g/mol. The lowest BCUT2D eigenvalue weighted by atomic mass is 10.2. The molecular weight excluding hydrogens is 316 g/mol. The van der Waals surface area contributed by atoms with Crippen LogP contribution in [0.5, 0.6) is 0 Å². The quantitative estimate of drug-likeness (QED) is 0.841. The molecule has 2 aromatic rings. The van der Waals surface area contributed by atoms with Crippen molar-refractivity contribution in [2.75, 3.05) is 11.4 Å². The van der Waals surface area contributed by atoms with Gasteiger partial charge in [0.1, 0.15) is 11.6 Å². The van der Waals surface area contributed by atoms with E-state index in [1.807, 2.05) is 13.8 Å². The molecule has 0 N–H and O–H groups in total. The second-order valence-corrected chi connectivity index (χ2v) is 7.05. The van der Waals surface area contributed by atoms with Gasteiger partial charge >= 0.3 is 6.01 Å². The predicted octanol–water partition coefficient (Wildman–Crippen LogP) is 2.44. The minimum atomic E-state index is -3.94. The molecule has 0 fully saturated rings. The highest BCUT2D eigenvalue weighted by molar-refractivity contribution is 7.92. The Hall–Kier alpha value is -2.03. The minimum absolute atomic E-state index is 0.0249. The zero-order valence-corrected chi connectivity index (χ0v) is 13.1. The third-order valence-corrected chi connectivity index (χ3v) is 4.65. The Morgan fingerprint density at radius 3 is 2.55 bits per heavy atom. The number of halogens is 2. The summed E-state index contributed by atoms with van der Waals surface area (Å²) >= 11 is 0. The molecule has 0 radical (unpaired) electrons. The smallest absolute Gasteiger partial charge is 0.314 e. The Morgan fingerprint density at radius 1 is 1.32 bits per heavy atom. The van der Waals surface area contributed by atoms with E-state index < -0.39 is 27.4 Å². The summed E-state index contributed by atoms with van der Waals surface area (Å²) in [6.45, 7) is 3.66. The molecule has 9 heteroatoms. The van der Waals surface area contributed by atoms with Gasteiger partial charge in [0.05, 0.1) is 5.75 Å². The summed E-state index contributed by atoms with van der Waals surface area (Å²) in [6, 6.07) is 2.52. The van der Waals surface area contributed by atoms with E-state index in [-0.39, 0.29) is 17.5 Å². The van der Waals surface area contributed by atoms with Crippen molar-refractivity contribution < 1.29 is 21.7 Å². The second kappa shape index (κ2) is 5.99. The van der Waals surface area contributed by atoms with E-state index in [0.717, 1.165) is 16.4 Å². The summed E-state index contributed by atoms with van der Waals surface area (Å²) in [5, 5.41) is 3.67. The van der Waals surface area contributed by atoms with Crippen LogP contribution in [0.15, 0.2) is 22.7 Å². The maximum atomic E-state index is 13.6. The Labute approximate surface area is 126 Å². The molecule has 22 heavy (non-hydrogen) atoms. The van der Waals surface area contributed by atoms with Gasteiger partial charge in [-0.2, -0.15) is 4.98 Å². The number of anilines is 1. The molecule has 0 amide bonds. The van der Waals surface area contributed by atoms with Crippen LogP contribution >= 0.6 is 0 Å². The van der Waals surface area contributed by atoms with E-state index >= 15 is 0 Å². The highest BCUT2D eigenvalue weighted by atomic mass is 32.2. The van der Waals surface area contributed by atoms with Gasteiger partial charge in [0.2, 0.25) is 10.0 Å².